The van der Waals surface area contributed by atoms with Crippen LogP contribution in [0.4, 0.5) is 5.69 Å². The summed E-state index contributed by atoms with van der Waals surface area (Å²) in [5.41, 5.74) is 4.93. The normalized spacial score (nSPS) is 11.2. The molecule has 2 atom stereocenters. The van der Waals surface area contributed by atoms with Crippen LogP contribution in [0.3, 0.4) is 0 Å². The molecule has 2 rings (SSSR count). The number of carbonyl (C=O) groups is 1. The summed E-state index contributed by atoms with van der Waals surface area (Å²) in [6.45, 7) is 26.9. The van der Waals surface area contributed by atoms with Crippen LogP contribution in [0, 0.1) is 6.92 Å². The number of anilines is 1. The van der Waals surface area contributed by atoms with Gasteiger partial charge in [-0.1, -0.05) is 119 Å². The molecule has 0 aliphatic carbocycles. The van der Waals surface area contributed by atoms with Gasteiger partial charge >= 0.3 is 0 Å². The minimum absolute atomic E-state index is 0.198. The van der Waals surface area contributed by atoms with Crippen molar-refractivity contribution in [2.75, 3.05) is 31.6 Å². The van der Waals surface area contributed by atoms with E-state index >= 15 is 0 Å². The summed E-state index contributed by atoms with van der Waals surface area (Å²) in [7, 11) is 2.10. The Kier molecular flexibility index (Phi) is 34.6. The van der Waals surface area contributed by atoms with Crippen molar-refractivity contribution in [2.24, 2.45) is 0 Å². The molecule has 0 radical (unpaired) electrons. The first-order chi connectivity index (χ1) is 21.7. The Labute approximate surface area is 283 Å². The van der Waals surface area contributed by atoms with Crippen LogP contribution in [0.15, 0.2) is 91.2 Å². The zero-order valence-corrected chi connectivity index (χ0v) is 31.2. The monoisotopic (exact) mass is 639 g/mol. The van der Waals surface area contributed by atoms with E-state index in [9.17, 15) is 4.79 Å². The number of hydrogen-bond donors (Lipinski definition) is 1. The summed E-state index contributed by atoms with van der Waals surface area (Å²) in [5.74, 6) is 0.912. The maximum Gasteiger partial charge on any atom is 0.214 e. The maximum atomic E-state index is 11.3. The number of amides is 1. The lowest BCUT2D eigenvalue weighted by Crippen LogP contribution is -2.35. The zero-order valence-electron chi connectivity index (χ0n) is 30.4. The number of ether oxygens (including phenoxy) is 1. The molecule has 0 aromatic heterocycles. The minimum Gasteiger partial charge on any atom is -0.499 e. The first-order valence-corrected chi connectivity index (χ1v) is 16.9. The third-order valence-electron chi connectivity index (χ3n) is 6.45. The molecule has 0 aliphatic rings. The Morgan fingerprint density at radius 2 is 1.56 bits per heavy atom. The van der Waals surface area contributed by atoms with Crippen LogP contribution in [-0.4, -0.2) is 49.6 Å². The molecule has 45 heavy (non-hydrogen) atoms. The number of hydrogen-bond acceptors (Lipinski definition) is 4. The maximum absolute atomic E-state index is 11.3. The Morgan fingerprint density at radius 1 is 0.978 bits per heavy atom. The molecule has 2 unspecified atom stereocenters. The molecule has 0 spiro atoms. The predicted molar refractivity (Wildman–Crippen MR) is 205 cm³/mol. The third-order valence-corrected chi connectivity index (χ3v) is 6.59. The number of para-hydroxylation sites is 1. The first kappa shape index (κ1) is 46.2. The summed E-state index contributed by atoms with van der Waals surface area (Å²) < 4.78 is 5.09. The average Bonchev–Trinajstić information content (AvgIpc) is 3.07. The Bertz CT molecular complexity index is 1010. The highest BCUT2D eigenvalue weighted by Gasteiger charge is 2.15. The van der Waals surface area contributed by atoms with Gasteiger partial charge in [-0.05, 0) is 91.7 Å². The van der Waals surface area contributed by atoms with Gasteiger partial charge in [0.05, 0.1) is 23.9 Å². The van der Waals surface area contributed by atoms with Gasteiger partial charge in [0, 0.05) is 18.2 Å². The van der Waals surface area contributed by atoms with E-state index in [0.29, 0.717) is 0 Å². The summed E-state index contributed by atoms with van der Waals surface area (Å²) in [4.78, 5) is 15.4. The summed E-state index contributed by atoms with van der Waals surface area (Å²) in [6.07, 6.45) is 12.1. The number of nitrogens with one attached hydrogen (secondary N) is 1. The Morgan fingerprint density at radius 3 is 2.00 bits per heavy atom. The number of thiocarbonyl (C=S) groups is 1. The van der Waals surface area contributed by atoms with Gasteiger partial charge in [-0.25, -0.2) is 0 Å². The molecule has 0 saturated heterocycles. The van der Waals surface area contributed by atoms with Crippen LogP contribution in [0.2, 0.25) is 0 Å². The van der Waals surface area contributed by atoms with Gasteiger partial charge in [0.25, 0.3) is 0 Å². The highest BCUT2D eigenvalue weighted by atomic mass is 32.1. The van der Waals surface area contributed by atoms with Crippen LogP contribution in [0.1, 0.15) is 98.7 Å². The number of rotatable bonds is 15. The smallest absolute Gasteiger partial charge is 0.214 e. The molecule has 1 amide bonds. The molecule has 0 heterocycles. The highest BCUT2D eigenvalue weighted by Crippen LogP contribution is 2.21. The standard InChI is InChI=1S/C15H24N2O.C11H13NS.C7H14O.C4H8.C2H6/c1-5-16(4)11-10-14(3)17(12-18)15-9-7-6-8-13(15)2;1-2-6-11(12-9-13)10-7-4-3-5-8-10;1-4-6-7(3)8-5-2;1-3-4-2;1-2/h6-9,12,14H,5,10-11H2,1-4H3;2-9,11H,1H3,(H,12,13);3-6H2,1-2H3;3-4H,1-2H3;1-2H3/b;6-2+;;4-3-;. The number of carbonyl (C=O) groups excluding carboxylic acids is 1. The van der Waals surface area contributed by atoms with E-state index < -0.39 is 0 Å². The quantitative estimate of drug-likeness (QED) is 0.0909. The van der Waals surface area contributed by atoms with E-state index in [-0.39, 0.29) is 12.1 Å². The summed E-state index contributed by atoms with van der Waals surface area (Å²) in [6, 6.07) is 18.6. The van der Waals surface area contributed by atoms with Crippen molar-refractivity contribution >= 4 is 29.8 Å². The van der Waals surface area contributed by atoms with Crippen molar-refractivity contribution in [3.63, 3.8) is 0 Å². The molecule has 6 heteroatoms. The van der Waals surface area contributed by atoms with Crippen molar-refractivity contribution < 1.29 is 9.53 Å². The van der Waals surface area contributed by atoms with Gasteiger partial charge < -0.3 is 19.9 Å². The van der Waals surface area contributed by atoms with E-state index in [1.54, 1.807) is 5.49 Å². The predicted octanol–water partition coefficient (Wildman–Crippen LogP) is 10.5. The molecule has 0 bridgehead atoms. The largest absolute Gasteiger partial charge is 0.499 e. The van der Waals surface area contributed by atoms with Crippen molar-refractivity contribution in [1.82, 2.24) is 10.2 Å². The van der Waals surface area contributed by atoms with Crippen LogP contribution < -0.4 is 10.2 Å². The highest BCUT2D eigenvalue weighted by molar-refractivity contribution is 7.78. The number of nitrogens with zero attached hydrogens (tertiary/aromatic N) is 2. The summed E-state index contributed by atoms with van der Waals surface area (Å²) >= 11 is 4.77. The van der Waals surface area contributed by atoms with E-state index in [1.165, 1.54) is 5.56 Å². The van der Waals surface area contributed by atoms with Crippen LogP contribution in [-0.2, 0) is 9.53 Å². The van der Waals surface area contributed by atoms with Gasteiger partial charge in [-0.2, -0.15) is 0 Å². The van der Waals surface area contributed by atoms with Crippen LogP contribution >= 0.6 is 12.2 Å². The van der Waals surface area contributed by atoms with E-state index in [1.807, 2.05) is 114 Å². The number of aryl methyl sites for hydroxylation is 1. The molecule has 254 valence electrons. The molecule has 0 saturated carbocycles. The Hall–Kier alpha value is -3.22. The molecular weight excluding hydrogens is 575 g/mol. The second-order valence-electron chi connectivity index (χ2n) is 9.92. The second kappa shape index (κ2) is 33.7. The first-order valence-electron chi connectivity index (χ1n) is 16.4. The molecule has 1 N–H and O–H groups in total. The van der Waals surface area contributed by atoms with Gasteiger partial charge in [0.1, 0.15) is 0 Å². The zero-order chi connectivity index (χ0) is 34.9. The van der Waals surface area contributed by atoms with Crippen molar-refractivity contribution in [3.8, 4) is 0 Å². The molecular formula is C39H65N3O2S. The van der Waals surface area contributed by atoms with Crippen LogP contribution in [0.25, 0.3) is 0 Å². The molecule has 0 aliphatic heterocycles. The third kappa shape index (κ3) is 24.7. The van der Waals surface area contributed by atoms with Gasteiger partial charge in [0.15, 0.2) is 0 Å². The second-order valence-corrected chi connectivity index (χ2v) is 10.2. The Balaban J connectivity index is -0.000000571. The molecule has 0 fully saturated rings. The number of allylic oxidation sites excluding steroid dienone is 4. The SMILES string of the molecule is C/C=C/C(NC=S)c1ccccc1.C/C=C\C.C=C(CCC)OCC.CC.CCN(C)CCC(C)N(C=O)c1ccccc1C. The van der Waals surface area contributed by atoms with Crippen molar-refractivity contribution in [2.45, 2.75) is 101 Å². The number of benzene rings is 2. The lowest BCUT2D eigenvalue weighted by Gasteiger charge is -2.28. The molecule has 5 nitrogen and oxygen atoms in total. The van der Waals surface area contributed by atoms with Crippen LogP contribution in [0.5, 0.6) is 0 Å². The van der Waals surface area contributed by atoms with Crippen molar-refractivity contribution in [1.29, 1.82) is 0 Å². The lowest BCUT2D eigenvalue weighted by atomic mass is 10.1. The van der Waals surface area contributed by atoms with E-state index in [0.717, 1.165) is 62.4 Å². The molecule has 2 aromatic carbocycles. The van der Waals surface area contributed by atoms with Gasteiger partial charge in [-0.15, -0.1) is 0 Å². The summed E-state index contributed by atoms with van der Waals surface area (Å²) in [5, 5.41) is 3.10. The lowest BCUT2D eigenvalue weighted by molar-refractivity contribution is -0.107. The van der Waals surface area contributed by atoms with Crippen molar-refractivity contribution in [3.05, 3.63) is 102 Å². The topological polar surface area (TPSA) is 44.8 Å². The minimum atomic E-state index is 0.198. The fraction of sp³-hybridized carbons (Fsp3) is 0.487. The molecule has 2 aromatic rings. The van der Waals surface area contributed by atoms with Gasteiger partial charge in [0.2, 0.25) is 6.41 Å². The average molecular weight is 640 g/mol. The van der Waals surface area contributed by atoms with E-state index in [4.69, 9.17) is 17.0 Å². The van der Waals surface area contributed by atoms with E-state index in [2.05, 4.69) is 62.8 Å². The van der Waals surface area contributed by atoms with Gasteiger partial charge in [-0.3, -0.25) is 4.79 Å². The fourth-order valence-electron chi connectivity index (χ4n) is 3.70. The fourth-order valence-corrected chi connectivity index (χ4v) is 3.85.